The third-order valence-corrected chi connectivity index (χ3v) is 6.36. The van der Waals surface area contributed by atoms with Gasteiger partial charge in [-0.1, -0.05) is 12.1 Å². The Balaban J connectivity index is 1.71. The average Bonchev–Trinajstić information content (AvgIpc) is 2.82. The third kappa shape index (κ3) is 3.89. The van der Waals surface area contributed by atoms with Gasteiger partial charge in [-0.25, -0.2) is 17.5 Å². The SMILES string of the molecule is Cc1cc(S(=O)(=O)NCCCc2cccc(F)c2)cc2c1NC(=O)C2(C)C. The number of anilines is 1. The maximum absolute atomic E-state index is 13.2. The Labute approximate surface area is 159 Å². The maximum Gasteiger partial charge on any atom is 0.240 e. The Morgan fingerprint density at radius 1 is 1.19 bits per heavy atom. The molecule has 0 spiro atoms. The fourth-order valence-electron chi connectivity index (χ4n) is 3.24. The number of benzene rings is 2. The van der Waals surface area contributed by atoms with Crippen LogP contribution >= 0.6 is 0 Å². The van der Waals surface area contributed by atoms with Crippen LogP contribution in [0.5, 0.6) is 0 Å². The van der Waals surface area contributed by atoms with Crippen molar-refractivity contribution >= 4 is 21.6 Å². The predicted molar refractivity (Wildman–Crippen MR) is 103 cm³/mol. The maximum atomic E-state index is 13.2. The van der Waals surface area contributed by atoms with Crippen LogP contribution in [0, 0.1) is 12.7 Å². The predicted octanol–water partition coefficient (Wildman–Crippen LogP) is 3.27. The molecule has 5 nitrogen and oxygen atoms in total. The van der Waals surface area contributed by atoms with Gasteiger partial charge in [0.25, 0.3) is 0 Å². The smallest absolute Gasteiger partial charge is 0.240 e. The van der Waals surface area contributed by atoms with E-state index in [1.165, 1.54) is 12.1 Å². The molecule has 1 amide bonds. The van der Waals surface area contributed by atoms with Crippen LogP contribution < -0.4 is 10.0 Å². The van der Waals surface area contributed by atoms with Gasteiger partial charge in [0.1, 0.15) is 5.82 Å². The molecule has 0 fully saturated rings. The molecule has 0 saturated heterocycles. The van der Waals surface area contributed by atoms with Gasteiger partial charge in [0, 0.05) is 12.2 Å². The van der Waals surface area contributed by atoms with E-state index in [4.69, 9.17) is 0 Å². The molecule has 0 saturated carbocycles. The lowest BCUT2D eigenvalue weighted by atomic mass is 9.85. The summed E-state index contributed by atoms with van der Waals surface area (Å²) in [5, 5.41) is 2.82. The topological polar surface area (TPSA) is 75.3 Å². The third-order valence-electron chi connectivity index (χ3n) is 4.92. The van der Waals surface area contributed by atoms with Crippen molar-refractivity contribution in [3.63, 3.8) is 0 Å². The highest BCUT2D eigenvalue weighted by Crippen LogP contribution is 2.40. The van der Waals surface area contributed by atoms with E-state index in [-0.39, 0.29) is 23.2 Å². The highest BCUT2D eigenvalue weighted by Gasteiger charge is 2.40. The summed E-state index contributed by atoms with van der Waals surface area (Å²) in [5.41, 5.74) is 2.14. The zero-order valence-electron chi connectivity index (χ0n) is 15.6. The number of carbonyl (C=O) groups excluding carboxylic acids is 1. The monoisotopic (exact) mass is 390 g/mol. The molecule has 27 heavy (non-hydrogen) atoms. The number of aryl methyl sites for hydroxylation is 2. The number of fused-ring (bicyclic) bond motifs is 1. The summed E-state index contributed by atoms with van der Waals surface area (Å²) < 4.78 is 41.1. The molecule has 144 valence electrons. The molecule has 1 aliphatic rings. The summed E-state index contributed by atoms with van der Waals surface area (Å²) in [4.78, 5) is 12.3. The van der Waals surface area contributed by atoms with Crippen LogP contribution in [0.15, 0.2) is 41.3 Å². The Kier molecular flexibility index (Phi) is 5.10. The molecule has 0 aliphatic carbocycles. The fourth-order valence-corrected chi connectivity index (χ4v) is 4.42. The highest BCUT2D eigenvalue weighted by atomic mass is 32.2. The summed E-state index contributed by atoms with van der Waals surface area (Å²) >= 11 is 0. The highest BCUT2D eigenvalue weighted by molar-refractivity contribution is 7.89. The van der Waals surface area contributed by atoms with Crippen molar-refractivity contribution in [2.75, 3.05) is 11.9 Å². The molecule has 2 aromatic carbocycles. The Morgan fingerprint density at radius 2 is 1.93 bits per heavy atom. The zero-order valence-corrected chi connectivity index (χ0v) is 16.4. The van der Waals surface area contributed by atoms with Crippen LogP contribution in [-0.2, 0) is 26.7 Å². The number of rotatable bonds is 6. The summed E-state index contributed by atoms with van der Waals surface area (Å²) in [6, 6.07) is 9.41. The molecule has 1 heterocycles. The second-order valence-corrected chi connectivity index (χ2v) is 9.14. The minimum absolute atomic E-state index is 0.141. The normalized spacial score (nSPS) is 15.5. The van der Waals surface area contributed by atoms with Crippen molar-refractivity contribution < 1.29 is 17.6 Å². The minimum Gasteiger partial charge on any atom is -0.325 e. The lowest BCUT2D eigenvalue weighted by Crippen LogP contribution is -2.28. The van der Waals surface area contributed by atoms with Gasteiger partial charge < -0.3 is 5.32 Å². The van der Waals surface area contributed by atoms with Crippen LogP contribution in [0.3, 0.4) is 0 Å². The van der Waals surface area contributed by atoms with E-state index in [2.05, 4.69) is 10.0 Å². The van der Waals surface area contributed by atoms with Crippen LogP contribution in [0.2, 0.25) is 0 Å². The Morgan fingerprint density at radius 3 is 2.63 bits per heavy atom. The van der Waals surface area contributed by atoms with E-state index in [9.17, 15) is 17.6 Å². The van der Waals surface area contributed by atoms with Gasteiger partial charge in [-0.05, 0) is 74.6 Å². The Bertz CT molecular complexity index is 1000. The first-order valence-electron chi connectivity index (χ1n) is 8.82. The zero-order chi connectivity index (χ0) is 19.8. The molecule has 2 N–H and O–H groups in total. The van der Waals surface area contributed by atoms with Crippen LogP contribution in [0.1, 0.15) is 37.0 Å². The molecule has 0 radical (unpaired) electrons. The van der Waals surface area contributed by atoms with E-state index in [0.29, 0.717) is 29.7 Å². The van der Waals surface area contributed by atoms with Gasteiger partial charge in [0.2, 0.25) is 15.9 Å². The number of sulfonamides is 1. The average molecular weight is 390 g/mol. The van der Waals surface area contributed by atoms with Crippen molar-refractivity contribution in [1.29, 1.82) is 0 Å². The van der Waals surface area contributed by atoms with Gasteiger partial charge in [-0.15, -0.1) is 0 Å². The summed E-state index contributed by atoms with van der Waals surface area (Å²) in [6.45, 7) is 5.58. The van der Waals surface area contributed by atoms with Crippen LogP contribution in [-0.4, -0.2) is 20.9 Å². The van der Waals surface area contributed by atoms with Crippen molar-refractivity contribution in [3.8, 4) is 0 Å². The number of hydrogen-bond acceptors (Lipinski definition) is 3. The van der Waals surface area contributed by atoms with Gasteiger partial charge in [-0.3, -0.25) is 4.79 Å². The van der Waals surface area contributed by atoms with Crippen molar-refractivity contribution in [3.05, 3.63) is 58.9 Å². The second-order valence-electron chi connectivity index (χ2n) is 7.37. The van der Waals surface area contributed by atoms with Gasteiger partial charge in [-0.2, -0.15) is 0 Å². The number of halogens is 1. The van der Waals surface area contributed by atoms with E-state index >= 15 is 0 Å². The Hall–Kier alpha value is -2.25. The molecule has 7 heteroatoms. The molecule has 0 aromatic heterocycles. The number of amides is 1. The largest absolute Gasteiger partial charge is 0.325 e. The van der Waals surface area contributed by atoms with Crippen molar-refractivity contribution in [2.45, 2.75) is 43.9 Å². The van der Waals surface area contributed by atoms with Crippen molar-refractivity contribution in [2.24, 2.45) is 0 Å². The lowest BCUT2D eigenvalue weighted by Gasteiger charge is -2.17. The van der Waals surface area contributed by atoms with Gasteiger partial charge >= 0.3 is 0 Å². The summed E-state index contributed by atoms with van der Waals surface area (Å²) in [7, 11) is -3.70. The van der Waals surface area contributed by atoms with E-state index < -0.39 is 15.4 Å². The van der Waals surface area contributed by atoms with E-state index in [0.717, 1.165) is 5.56 Å². The standard InChI is InChI=1S/C20H23FN2O3S/c1-13-10-16(12-17-18(13)23-19(24)20(17,2)3)27(25,26)22-9-5-7-14-6-4-8-15(21)11-14/h4,6,8,10-12,22H,5,7,9H2,1-3H3,(H,23,24). The van der Waals surface area contributed by atoms with E-state index in [1.54, 1.807) is 39.0 Å². The first-order chi connectivity index (χ1) is 12.6. The molecular formula is C20H23FN2O3S. The minimum atomic E-state index is -3.70. The van der Waals surface area contributed by atoms with Crippen LogP contribution in [0.4, 0.5) is 10.1 Å². The molecule has 0 atom stereocenters. The van der Waals surface area contributed by atoms with Gasteiger partial charge in [0.15, 0.2) is 0 Å². The molecule has 3 rings (SSSR count). The molecule has 0 unspecified atom stereocenters. The molecular weight excluding hydrogens is 367 g/mol. The number of nitrogens with one attached hydrogen (secondary N) is 2. The summed E-state index contributed by atoms with van der Waals surface area (Å²) in [5.74, 6) is -0.439. The molecule has 1 aliphatic heterocycles. The first-order valence-corrected chi connectivity index (χ1v) is 10.3. The quantitative estimate of drug-likeness (QED) is 0.744. The van der Waals surface area contributed by atoms with Crippen molar-refractivity contribution in [1.82, 2.24) is 4.72 Å². The number of hydrogen-bond donors (Lipinski definition) is 2. The first kappa shape index (κ1) is 19.5. The number of carbonyl (C=O) groups is 1. The van der Waals surface area contributed by atoms with Crippen LogP contribution in [0.25, 0.3) is 0 Å². The lowest BCUT2D eigenvalue weighted by molar-refractivity contribution is -0.119. The fraction of sp³-hybridized carbons (Fsp3) is 0.350. The second kappa shape index (κ2) is 7.05. The molecule has 2 aromatic rings. The summed E-state index contributed by atoms with van der Waals surface area (Å²) in [6.07, 6.45) is 1.13. The molecule has 0 bridgehead atoms. The van der Waals surface area contributed by atoms with E-state index in [1.807, 2.05) is 6.07 Å². The van der Waals surface area contributed by atoms with Gasteiger partial charge in [0.05, 0.1) is 10.3 Å².